The maximum Gasteiger partial charge on any atom is 0.306 e. The zero-order chi connectivity index (χ0) is 17.5. The second-order valence-corrected chi connectivity index (χ2v) is 6.64. The van der Waals surface area contributed by atoms with Crippen molar-refractivity contribution in [3.63, 3.8) is 0 Å². The van der Waals surface area contributed by atoms with Gasteiger partial charge in [-0.3, -0.25) is 4.79 Å². The van der Waals surface area contributed by atoms with Crippen LogP contribution in [-0.2, 0) is 21.6 Å². The van der Waals surface area contributed by atoms with Crippen molar-refractivity contribution in [1.29, 1.82) is 5.26 Å². The lowest BCUT2D eigenvalue weighted by molar-refractivity contribution is -0.155. The van der Waals surface area contributed by atoms with Crippen LogP contribution in [-0.4, -0.2) is 22.7 Å². The number of aliphatic carboxylic acids is 1. The van der Waals surface area contributed by atoms with E-state index in [1.807, 2.05) is 32.9 Å². The number of aryl methyl sites for hydroxylation is 1. The fourth-order valence-corrected chi connectivity index (χ4v) is 3.88. The van der Waals surface area contributed by atoms with Crippen molar-refractivity contribution in [2.75, 3.05) is 6.61 Å². The number of ether oxygens (including phenoxy) is 1. The number of H-pyrrole nitrogens is 1. The summed E-state index contributed by atoms with van der Waals surface area (Å²) in [5, 5.41) is 19.9. The molecule has 0 unspecified atom stereocenters. The molecule has 2 aromatic rings. The maximum atomic E-state index is 11.6. The molecule has 5 heteroatoms. The third kappa shape index (κ3) is 2.30. The molecule has 0 fully saturated rings. The molecule has 126 valence electrons. The highest BCUT2D eigenvalue weighted by atomic mass is 16.5. The van der Waals surface area contributed by atoms with Crippen molar-refractivity contribution in [1.82, 2.24) is 4.98 Å². The van der Waals surface area contributed by atoms with Crippen molar-refractivity contribution in [2.24, 2.45) is 5.92 Å². The first-order valence-corrected chi connectivity index (χ1v) is 8.35. The van der Waals surface area contributed by atoms with Crippen LogP contribution in [0.2, 0.25) is 0 Å². The molecule has 1 aromatic carbocycles. The summed E-state index contributed by atoms with van der Waals surface area (Å²) in [5.41, 5.74) is 3.61. The van der Waals surface area contributed by atoms with Gasteiger partial charge in [-0.05, 0) is 36.5 Å². The molecule has 0 saturated heterocycles. The standard InChI is InChI=1S/C19H22N2O3/c1-4-12(3)19(9-15(22)23)18-14(7-8-24-19)16-13(10-20)6-5-11(2)17(16)21-18/h5-6,12,21H,4,7-9H2,1-3H3,(H,22,23)/t12-,19-/m0/s1. The molecule has 0 aliphatic carbocycles. The molecular weight excluding hydrogens is 304 g/mol. The molecular formula is C19H22N2O3. The minimum atomic E-state index is -0.876. The molecule has 0 radical (unpaired) electrons. The topological polar surface area (TPSA) is 86.1 Å². The molecule has 0 bridgehead atoms. The summed E-state index contributed by atoms with van der Waals surface area (Å²) < 4.78 is 6.10. The van der Waals surface area contributed by atoms with Gasteiger partial charge in [-0.1, -0.05) is 26.3 Å². The average Bonchev–Trinajstić information content (AvgIpc) is 2.96. The second kappa shape index (κ2) is 5.95. The highest BCUT2D eigenvalue weighted by molar-refractivity contribution is 5.93. The van der Waals surface area contributed by atoms with Crippen molar-refractivity contribution < 1.29 is 14.6 Å². The van der Waals surface area contributed by atoms with E-state index < -0.39 is 11.6 Å². The van der Waals surface area contributed by atoms with E-state index in [4.69, 9.17) is 4.74 Å². The second-order valence-electron chi connectivity index (χ2n) is 6.64. The van der Waals surface area contributed by atoms with Crippen LogP contribution in [0.15, 0.2) is 12.1 Å². The van der Waals surface area contributed by atoms with Crippen LogP contribution in [0.3, 0.4) is 0 Å². The summed E-state index contributed by atoms with van der Waals surface area (Å²) in [5.74, 6) is -0.828. The van der Waals surface area contributed by atoms with Crippen LogP contribution in [0.25, 0.3) is 10.9 Å². The lowest BCUT2D eigenvalue weighted by atomic mass is 9.77. The predicted molar refractivity (Wildman–Crippen MR) is 90.8 cm³/mol. The van der Waals surface area contributed by atoms with Gasteiger partial charge in [0, 0.05) is 5.39 Å². The summed E-state index contributed by atoms with van der Waals surface area (Å²) in [6, 6.07) is 6.03. The van der Waals surface area contributed by atoms with E-state index in [0.29, 0.717) is 18.6 Å². The molecule has 2 atom stereocenters. The Hall–Kier alpha value is -2.32. The summed E-state index contributed by atoms with van der Waals surface area (Å²) in [6.07, 6.45) is 1.42. The number of hydrogen-bond donors (Lipinski definition) is 2. The first kappa shape index (κ1) is 16.5. The number of fused-ring (bicyclic) bond motifs is 3. The number of carboxylic acids is 1. The number of aromatic nitrogens is 1. The van der Waals surface area contributed by atoms with Gasteiger partial charge in [-0.2, -0.15) is 5.26 Å². The third-order valence-corrected chi connectivity index (χ3v) is 5.34. The van der Waals surface area contributed by atoms with E-state index in [1.165, 1.54) is 0 Å². The first-order valence-electron chi connectivity index (χ1n) is 8.35. The Balaban J connectivity index is 2.34. The average molecular weight is 326 g/mol. The van der Waals surface area contributed by atoms with Gasteiger partial charge in [-0.15, -0.1) is 0 Å². The van der Waals surface area contributed by atoms with Crippen LogP contribution in [0.5, 0.6) is 0 Å². The van der Waals surface area contributed by atoms with Crippen LogP contribution >= 0.6 is 0 Å². The van der Waals surface area contributed by atoms with Crippen molar-refractivity contribution in [2.45, 2.75) is 45.6 Å². The van der Waals surface area contributed by atoms with E-state index in [1.54, 1.807) is 0 Å². The third-order valence-electron chi connectivity index (χ3n) is 5.34. The Morgan fingerprint density at radius 1 is 1.54 bits per heavy atom. The normalized spacial score (nSPS) is 21.2. The largest absolute Gasteiger partial charge is 0.481 e. The van der Waals surface area contributed by atoms with Gasteiger partial charge in [0.05, 0.1) is 35.9 Å². The number of aromatic amines is 1. The molecule has 5 nitrogen and oxygen atoms in total. The van der Waals surface area contributed by atoms with E-state index in [9.17, 15) is 15.2 Å². The quantitative estimate of drug-likeness (QED) is 0.898. The van der Waals surface area contributed by atoms with Crippen LogP contribution < -0.4 is 0 Å². The molecule has 0 spiro atoms. The van der Waals surface area contributed by atoms with Gasteiger partial charge in [0.1, 0.15) is 5.60 Å². The molecule has 2 heterocycles. The SMILES string of the molecule is CC[C@H](C)[C@]1(CC(=O)O)OCCc2c1[nH]c1c(C)ccc(C#N)c21. The van der Waals surface area contributed by atoms with E-state index in [-0.39, 0.29) is 12.3 Å². The molecule has 0 amide bonds. The Kier molecular flexibility index (Phi) is 4.10. The number of benzene rings is 1. The molecule has 2 N–H and O–H groups in total. The Bertz CT molecular complexity index is 846. The smallest absolute Gasteiger partial charge is 0.306 e. The Labute approximate surface area is 141 Å². The lowest BCUT2D eigenvalue weighted by Crippen LogP contribution is -2.43. The van der Waals surface area contributed by atoms with Crippen LogP contribution in [0, 0.1) is 24.2 Å². The van der Waals surface area contributed by atoms with Gasteiger partial charge in [0.2, 0.25) is 0 Å². The number of carbonyl (C=O) groups is 1. The summed E-state index contributed by atoms with van der Waals surface area (Å²) in [4.78, 5) is 15.0. The highest BCUT2D eigenvalue weighted by Crippen LogP contribution is 2.46. The van der Waals surface area contributed by atoms with E-state index >= 15 is 0 Å². The fraction of sp³-hybridized carbons (Fsp3) is 0.474. The number of hydrogen-bond acceptors (Lipinski definition) is 3. The molecule has 1 aliphatic heterocycles. The fourth-order valence-electron chi connectivity index (χ4n) is 3.88. The van der Waals surface area contributed by atoms with Gasteiger partial charge < -0.3 is 14.8 Å². The number of carboxylic acid groups (broad SMARTS) is 1. The highest BCUT2D eigenvalue weighted by Gasteiger charge is 2.46. The van der Waals surface area contributed by atoms with E-state index in [2.05, 4.69) is 11.1 Å². The maximum absolute atomic E-state index is 11.6. The minimum absolute atomic E-state index is 0.0477. The zero-order valence-corrected chi connectivity index (χ0v) is 14.3. The Morgan fingerprint density at radius 2 is 2.29 bits per heavy atom. The van der Waals surface area contributed by atoms with E-state index in [0.717, 1.165) is 34.1 Å². The minimum Gasteiger partial charge on any atom is -0.481 e. The zero-order valence-electron chi connectivity index (χ0n) is 14.3. The van der Waals surface area contributed by atoms with Crippen molar-refractivity contribution >= 4 is 16.9 Å². The number of nitriles is 1. The predicted octanol–water partition coefficient (Wildman–Crippen LogP) is 3.64. The number of rotatable bonds is 4. The van der Waals surface area contributed by atoms with Gasteiger partial charge in [-0.25, -0.2) is 0 Å². The molecule has 1 aliphatic rings. The van der Waals surface area contributed by atoms with Crippen LogP contribution in [0.4, 0.5) is 0 Å². The Morgan fingerprint density at radius 3 is 2.92 bits per heavy atom. The molecule has 0 saturated carbocycles. The van der Waals surface area contributed by atoms with Crippen molar-refractivity contribution in [3.8, 4) is 6.07 Å². The summed E-state index contributed by atoms with van der Waals surface area (Å²) in [6.45, 7) is 6.53. The first-order chi connectivity index (χ1) is 11.4. The molecule has 1 aromatic heterocycles. The van der Waals surface area contributed by atoms with Gasteiger partial charge >= 0.3 is 5.97 Å². The lowest BCUT2D eigenvalue weighted by Gasteiger charge is -2.40. The van der Waals surface area contributed by atoms with Gasteiger partial charge in [0.15, 0.2) is 0 Å². The van der Waals surface area contributed by atoms with Gasteiger partial charge in [0.25, 0.3) is 0 Å². The molecule has 24 heavy (non-hydrogen) atoms. The summed E-state index contributed by atoms with van der Waals surface area (Å²) in [7, 11) is 0. The summed E-state index contributed by atoms with van der Waals surface area (Å²) >= 11 is 0. The van der Waals surface area contributed by atoms with Crippen LogP contribution in [0.1, 0.15) is 49.1 Å². The number of nitrogens with zero attached hydrogens (tertiary/aromatic N) is 1. The van der Waals surface area contributed by atoms with Crippen molar-refractivity contribution in [3.05, 3.63) is 34.5 Å². The number of nitrogens with one attached hydrogen (secondary N) is 1. The monoisotopic (exact) mass is 326 g/mol. The molecule has 3 rings (SSSR count).